The molecular formula is C10H21O4P. The average Bonchev–Trinajstić information content (AvgIpc) is 2.20. The molecule has 0 unspecified atom stereocenters. The van der Waals surface area contributed by atoms with Gasteiger partial charge in [0.05, 0.1) is 13.2 Å². The third-order valence-electron chi connectivity index (χ3n) is 2.55. The summed E-state index contributed by atoms with van der Waals surface area (Å²) in [6, 6.07) is 0. The first kappa shape index (κ1) is 13.2. The first-order chi connectivity index (χ1) is 7.21. The highest BCUT2D eigenvalue weighted by atomic mass is 31.2. The van der Waals surface area contributed by atoms with E-state index in [1.54, 1.807) is 0 Å². The van der Waals surface area contributed by atoms with Crippen molar-refractivity contribution in [1.82, 2.24) is 0 Å². The number of rotatable bonds is 0. The van der Waals surface area contributed by atoms with E-state index in [2.05, 4.69) is 0 Å². The summed E-state index contributed by atoms with van der Waals surface area (Å²) in [5.41, 5.74) is 0. The van der Waals surface area contributed by atoms with E-state index >= 15 is 0 Å². The van der Waals surface area contributed by atoms with Gasteiger partial charge >= 0.3 is 7.82 Å². The highest BCUT2D eigenvalue weighted by Crippen LogP contribution is 2.43. The molecular weight excluding hydrogens is 215 g/mol. The SMILES string of the molecule is O=P1(O)OCCCCCCCCCCO1. The minimum atomic E-state index is -3.75. The minimum absolute atomic E-state index is 0.327. The van der Waals surface area contributed by atoms with Crippen LogP contribution in [0.2, 0.25) is 0 Å². The summed E-state index contributed by atoms with van der Waals surface area (Å²) in [4.78, 5) is 9.24. The maximum absolute atomic E-state index is 11.3. The lowest BCUT2D eigenvalue weighted by Gasteiger charge is -2.11. The molecule has 1 heterocycles. The largest absolute Gasteiger partial charge is 0.472 e. The third-order valence-corrected chi connectivity index (χ3v) is 3.57. The molecule has 15 heavy (non-hydrogen) atoms. The van der Waals surface area contributed by atoms with E-state index in [4.69, 9.17) is 9.05 Å². The molecule has 0 saturated carbocycles. The molecule has 5 heteroatoms. The van der Waals surface area contributed by atoms with E-state index in [0.29, 0.717) is 13.2 Å². The van der Waals surface area contributed by atoms with Crippen LogP contribution in [0, 0.1) is 0 Å². The molecule has 90 valence electrons. The lowest BCUT2D eigenvalue weighted by Crippen LogP contribution is -1.98. The van der Waals surface area contributed by atoms with Crippen LogP contribution in [0.15, 0.2) is 0 Å². The molecule has 1 saturated heterocycles. The van der Waals surface area contributed by atoms with Gasteiger partial charge in [-0.2, -0.15) is 0 Å². The summed E-state index contributed by atoms with van der Waals surface area (Å²) in [5.74, 6) is 0. The third kappa shape index (κ3) is 7.07. The minimum Gasteiger partial charge on any atom is -0.302 e. The summed E-state index contributed by atoms with van der Waals surface area (Å²) in [6.07, 6.45) is 8.73. The highest BCUT2D eigenvalue weighted by Gasteiger charge is 2.19. The van der Waals surface area contributed by atoms with Crippen LogP contribution < -0.4 is 0 Å². The molecule has 1 aliphatic rings. The molecule has 0 radical (unpaired) electrons. The Bertz CT molecular complexity index is 190. The van der Waals surface area contributed by atoms with Gasteiger partial charge in [0.2, 0.25) is 0 Å². The van der Waals surface area contributed by atoms with E-state index in [1.807, 2.05) is 0 Å². The molecule has 0 atom stereocenters. The van der Waals surface area contributed by atoms with E-state index in [-0.39, 0.29) is 0 Å². The Morgan fingerprint density at radius 2 is 1.07 bits per heavy atom. The van der Waals surface area contributed by atoms with Crippen molar-refractivity contribution in [2.45, 2.75) is 51.4 Å². The Hall–Kier alpha value is 0.110. The van der Waals surface area contributed by atoms with Gasteiger partial charge in [0.15, 0.2) is 0 Å². The van der Waals surface area contributed by atoms with Gasteiger partial charge < -0.3 is 4.89 Å². The zero-order valence-electron chi connectivity index (χ0n) is 9.19. The predicted octanol–water partition coefficient (Wildman–Crippen LogP) is 3.25. The van der Waals surface area contributed by atoms with Gasteiger partial charge in [-0.25, -0.2) is 4.57 Å². The summed E-state index contributed by atoms with van der Waals surface area (Å²) >= 11 is 0. The van der Waals surface area contributed by atoms with Crippen LogP contribution in [0.4, 0.5) is 0 Å². The maximum atomic E-state index is 11.3. The quantitative estimate of drug-likeness (QED) is 0.656. The van der Waals surface area contributed by atoms with Gasteiger partial charge in [-0.3, -0.25) is 9.05 Å². The van der Waals surface area contributed by atoms with Crippen LogP contribution in [-0.4, -0.2) is 18.1 Å². The van der Waals surface area contributed by atoms with Crippen molar-refractivity contribution >= 4 is 7.82 Å². The topological polar surface area (TPSA) is 55.8 Å². The number of hydrogen-bond donors (Lipinski definition) is 1. The van der Waals surface area contributed by atoms with E-state index in [0.717, 1.165) is 25.7 Å². The van der Waals surface area contributed by atoms with Crippen molar-refractivity contribution in [1.29, 1.82) is 0 Å². The molecule has 0 aromatic carbocycles. The lowest BCUT2D eigenvalue weighted by molar-refractivity contribution is 0.146. The predicted molar refractivity (Wildman–Crippen MR) is 58.7 cm³/mol. The standard InChI is InChI=1S/C10H21O4P/c11-15(12)13-9-7-5-3-1-2-4-6-8-10-14-15/h1-10H2,(H,11,12). The smallest absolute Gasteiger partial charge is 0.302 e. The molecule has 1 N–H and O–H groups in total. The first-order valence-electron chi connectivity index (χ1n) is 5.83. The number of phosphoric ester groups is 1. The fourth-order valence-electron chi connectivity index (χ4n) is 1.66. The Kier molecular flexibility index (Phi) is 6.50. The molecule has 1 aliphatic heterocycles. The molecule has 0 bridgehead atoms. The highest BCUT2D eigenvalue weighted by molar-refractivity contribution is 7.47. The lowest BCUT2D eigenvalue weighted by atomic mass is 10.1. The second-order valence-corrected chi connectivity index (χ2v) is 5.42. The van der Waals surface area contributed by atoms with Crippen molar-refractivity contribution in [3.8, 4) is 0 Å². The molecule has 0 aliphatic carbocycles. The fraction of sp³-hybridized carbons (Fsp3) is 1.00. The summed E-state index contributed by atoms with van der Waals surface area (Å²) in [6.45, 7) is 0.654. The van der Waals surface area contributed by atoms with Crippen LogP contribution >= 0.6 is 7.82 Å². The Labute approximate surface area is 91.6 Å². The van der Waals surface area contributed by atoms with Gasteiger partial charge in [-0.1, -0.05) is 38.5 Å². The number of hydrogen-bond acceptors (Lipinski definition) is 3. The molecule has 0 spiro atoms. The van der Waals surface area contributed by atoms with Gasteiger partial charge in [0.1, 0.15) is 0 Å². The first-order valence-corrected chi connectivity index (χ1v) is 7.32. The van der Waals surface area contributed by atoms with Gasteiger partial charge in [0, 0.05) is 0 Å². The normalized spacial score (nSPS) is 25.9. The van der Waals surface area contributed by atoms with Gasteiger partial charge in [-0.15, -0.1) is 0 Å². The monoisotopic (exact) mass is 236 g/mol. The van der Waals surface area contributed by atoms with Crippen molar-refractivity contribution in [2.24, 2.45) is 0 Å². The van der Waals surface area contributed by atoms with Crippen molar-refractivity contribution in [2.75, 3.05) is 13.2 Å². The van der Waals surface area contributed by atoms with Gasteiger partial charge in [0.25, 0.3) is 0 Å². The summed E-state index contributed by atoms with van der Waals surface area (Å²) < 4.78 is 20.9. The van der Waals surface area contributed by atoms with Crippen LogP contribution in [0.5, 0.6) is 0 Å². The zero-order valence-corrected chi connectivity index (χ0v) is 10.1. The Morgan fingerprint density at radius 3 is 1.47 bits per heavy atom. The zero-order chi connectivity index (χ0) is 11.0. The van der Waals surface area contributed by atoms with Crippen LogP contribution in [0.3, 0.4) is 0 Å². The van der Waals surface area contributed by atoms with Crippen molar-refractivity contribution in [3.63, 3.8) is 0 Å². The van der Waals surface area contributed by atoms with Crippen LogP contribution in [0.25, 0.3) is 0 Å². The van der Waals surface area contributed by atoms with Gasteiger partial charge in [-0.05, 0) is 12.8 Å². The molecule has 4 nitrogen and oxygen atoms in total. The van der Waals surface area contributed by atoms with Crippen molar-refractivity contribution in [3.05, 3.63) is 0 Å². The summed E-state index contributed by atoms with van der Waals surface area (Å²) in [7, 11) is -3.75. The average molecular weight is 236 g/mol. The molecule has 0 aromatic heterocycles. The fourth-order valence-corrected chi connectivity index (χ4v) is 2.46. The van der Waals surface area contributed by atoms with E-state index < -0.39 is 7.82 Å². The van der Waals surface area contributed by atoms with E-state index in [9.17, 15) is 9.46 Å². The van der Waals surface area contributed by atoms with Crippen LogP contribution in [-0.2, 0) is 13.6 Å². The van der Waals surface area contributed by atoms with E-state index in [1.165, 1.54) is 25.7 Å². The Morgan fingerprint density at radius 1 is 0.733 bits per heavy atom. The second-order valence-electron chi connectivity index (χ2n) is 3.96. The van der Waals surface area contributed by atoms with Crippen LogP contribution in [0.1, 0.15) is 51.4 Å². The molecule has 1 fully saturated rings. The number of phosphoric acid groups is 1. The van der Waals surface area contributed by atoms with Crippen molar-refractivity contribution < 1.29 is 18.5 Å². The molecule has 1 rings (SSSR count). The summed E-state index contributed by atoms with van der Waals surface area (Å²) in [5, 5.41) is 0. The molecule has 0 amide bonds. The molecule has 0 aromatic rings. The second kappa shape index (κ2) is 7.39. The Balaban J connectivity index is 2.27. The maximum Gasteiger partial charge on any atom is 0.472 e.